The fourth-order valence-corrected chi connectivity index (χ4v) is 1.69. The summed E-state index contributed by atoms with van der Waals surface area (Å²) in [5, 5.41) is 6.24. The maximum atomic E-state index is 6.01. The Kier molecular flexibility index (Phi) is 7.93. The van der Waals surface area contributed by atoms with E-state index in [4.69, 9.17) is 4.74 Å². The van der Waals surface area contributed by atoms with E-state index < -0.39 is 0 Å². The lowest BCUT2D eigenvalue weighted by Gasteiger charge is -2.24. The molecule has 0 radical (unpaired) electrons. The minimum absolute atomic E-state index is 0. The van der Waals surface area contributed by atoms with Gasteiger partial charge in [0.05, 0.1) is 0 Å². The molecule has 0 aromatic heterocycles. The van der Waals surface area contributed by atoms with Crippen molar-refractivity contribution in [3.8, 4) is 5.75 Å². The smallest absolute Gasteiger partial charge is 0.190 e. The predicted molar refractivity (Wildman–Crippen MR) is 96.2 cm³/mol. The van der Waals surface area contributed by atoms with Gasteiger partial charge in [0.2, 0.25) is 0 Å². The number of ether oxygens (including phenoxy) is 1. The van der Waals surface area contributed by atoms with Crippen LogP contribution < -0.4 is 15.4 Å². The molecule has 0 aliphatic heterocycles. The van der Waals surface area contributed by atoms with Gasteiger partial charge in [0.25, 0.3) is 0 Å². The second kappa shape index (κ2) is 8.34. The Morgan fingerprint density at radius 3 is 2.45 bits per heavy atom. The minimum atomic E-state index is -0.201. The van der Waals surface area contributed by atoms with Crippen LogP contribution in [-0.2, 0) is 6.54 Å². The molecule has 0 saturated carbocycles. The van der Waals surface area contributed by atoms with Crippen LogP contribution in [0.4, 0.5) is 0 Å². The van der Waals surface area contributed by atoms with Crippen LogP contribution in [0, 0.1) is 6.92 Å². The fourth-order valence-electron chi connectivity index (χ4n) is 1.69. The summed E-state index contributed by atoms with van der Waals surface area (Å²) < 4.78 is 6.01. The maximum absolute atomic E-state index is 6.01. The lowest BCUT2D eigenvalue weighted by molar-refractivity contribution is 0.129. The second-order valence-corrected chi connectivity index (χ2v) is 5.50. The molecule has 0 amide bonds. The van der Waals surface area contributed by atoms with Gasteiger partial charge in [-0.3, -0.25) is 4.99 Å². The Hall–Kier alpha value is -0.980. The number of benzene rings is 1. The number of aliphatic imine (C=N–C) groups is 1. The summed E-state index contributed by atoms with van der Waals surface area (Å²) in [5.41, 5.74) is 2.12. The van der Waals surface area contributed by atoms with Crippen molar-refractivity contribution in [1.82, 2.24) is 10.6 Å². The molecule has 20 heavy (non-hydrogen) atoms. The molecule has 0 aliphatic carbocycles. The van der Waals surface area contributed by atoms with Crippen molar-refractivity contribution in [2.24, 2.45) is 4.99 Å². The molecule has 0 atom stereocenters. The first kappa shape index (κ1) is 19.0. The predicted octanol–water partition coefficient (Wildman–Crippen LogP) is 3.09. The van der Waals surface area contributed by atoms with Crippen LogP contribution in [0.15, 0.2) is 23.2 Å². The van der Waals surface area contributed by atoms with Crippen LogP contribution in [0.5, 0.6) is 5.75 Å². The first-order valence-corrected chi connectivity index (χ1v) is 6.52. The van der Waals surface area contributed by atoms with Crippen LogP contribution in [0.3, 0.4) is 0 Å². The van der Waals surface area contributed by atoms with Gasteiger partial charge in [-0.05, 0) is 39.3 Å². The highest BCUT2D eigenvalue weighted by Gasteiger charge is 2.14. The van der Waals surface area contributed by atoms with Gasteiger partial charge in [-0.2, -0.15) is 0 Å². The average molecular weight is 391 g/mol. The summed E-state index contributed by atoms with van der Waals surface area (Å²) in [6.07, 6.45) is 0. The van der Waals surface area contributed by atoms with Gasteiger partial charge in [0.1, 0.15) is 11.4 Å². The topological polar surface area (TPSA) is 45.7 Å². The number of nitrogens with one attached hydrogen (secondary N) is 2. The highest BCUT2D eigenvalue weighted by Crippen LogP contribution is 2.24. The van der Waals surface area contributed by atoms with Gasteiger partial charge < -0.3 is 15.4 Å². The van der Waals surface area contributed by atoms with Crippen molar-refractivity contribution >= 4 is 29.9 Å². The van der Waals surface area contributed by atoms with Crippen LogP contribution >= 0.6 is 24.0 Å². The van der Waals surface area contributed by atoms with Gasteiger partial charge in [-0.1, -0.05) is 12.1 Å². The molecule has 0 unspecified atom stereocenters. The first-order chi connectivity index (χ1) is 8.85. The van der Waals surface area contributed by atoms with Crippen LogP contribution in [0.1, 0.15) is 31.9 Å². The molecule has 0 saturated heterocycles. The zero-order chi connectivity index (χ0) is 14.5. The van der Waals surface area contributed by atoms with E-state index in [1.165, 1.54) is 5.56 Å². The van der Waals surface area contributed by atoms with Gasteiger partial charge in [0, 0.05) is 26.2 Å². The number of hydrogen-bond acceptors (Lipinski definition) is 2. The average Bonchev–Trinajstić information content (AvgIpc) is 2.30. The third kappa shape index (κ3) is 6.45. The molecule has 114 valence electrons. The van der Waals surface area contributed by atoms with Gasteiger partial charge in [-0.25, -0.2) is 0 Å². The largest absolute Gasteiger partial charge is 0.488 e. The SMILES string of the molecule is CN=C(NC)NCc1ccc(C)cc1OC(C)(C)C.I. The van der Waals surface area contributed by atoms with Crippen molar-refractivity contribution in [1.29, 1.82) is 0 Å². The van der Waals surface area contributed by atoms with Gasteiger partial charge in [0.15, 0.2) is 5.96 Å². The number of guanidine groups is 1. The van der Waals surface area contributed by atoms with E-state index in [1.807, 2.05) is 7.05 Å². The molecular weight excluding hydrogens is 365 g/mol. The Morgan fingerprint density at radius 2 is 1.95 bits per heavy atom. The lowest BCUT2D eigenvalue weighted by Crippen LogP contribution is -2.34. The molecule has 1 aromatic rings. The number of nitrogens with zero attached hydrogens (tertiary/aromatic N) is 1. The molecule has 4 nitrogen and oxygen atoms in total. The maximum Gasteiger partial charge on any atom is 0.190 e. The molecule has 0 heterocycles. The molecule has 0 aliphatic rings. The molecule has 0 fully saturated rings. The van der Waals surface area contributed by atoms with Crippen molar-refractivity contribution in [3.63, 3.8) is 0 Å². The minimum Gasteiger partial charge on any atom is -0.488 e. The normalized spacial score (nSPS) is 11.6. The molecule has 1 aromatic carbocycles. The summed E-state index contributed by atoms with van der Waals surface area (Å²) in [5.74, 6) is 1.69. The Balaban J connectivity index is 0.00000361. The van der Waals surface area contributed by atoms with E-state index in [0.717, 1.165) is 17.3 Å². The lowest BCUT2D eigenvalue weighted by atomic mass is 10.1. The quantitative estimate of drug-likeness (QED) is 0.473. The zero-order valence-electron chi connectivity index (χ0n) is 13.2. The molecule has 5 heteroatoms. The number of hydrogen-bond donors (Lipinski definition) is 2. The molecule has 0 spiro atoms. The molecule has 2 N–H and O–H groups in total. The number of halogens is 1. The molecule has 0 bridgehead atoms. The molecule has 1 rings (SSSR count). The van der Waals surface area contributed by atoms with E-state index in [2.05, 4.69) is 61.5 Å². The third-order valence-electron chi connectivity index (χ3n) is 2.55. The summed E-state index contributed by atoms with van der Waals surface area (Å²) in [6, 6.07) is 6.26. The van der Waals surface area contributed by atoms with Crippen molar-refractivity contribution < 1.29 is 4.74 Å². The second-order valence-electron chi connectivity index (χ2n) is 5.50. The standard InChI is InChI=1S/C15H25N3O.HI/c1-11-7-8-12(10-18-14(16-5)17-6)13(9-11)19-15(2,3)4;/h7-9H,10H2,1-6H3,(H2,16,17,18);1H. The zero-order valence-corrected chi connectivity index (χ0v) is 15.5. The van der Waals surface area contributed by atoms with Crippen LogP contribution in [0.25, 0.3) is 0 Å². The van der Waals surface area contributed by atoms with Crippen molar-refractivity contribution in [3.05, 3.63) is 29.3 Å². The van der Waals surface area contributed by atoms with E-state index >= 15 is 0 Å². The summed E-state index contributed by atoms with van der Waals surface area (Å²) >= 11 is 0. The van der Waals surface area contributed by atoms with Crippen molar-refractivity contribution in [2.75, 3.05) is 14.1 Å². The number of rotatable bonds is 3. The van der Waals surface area contributed by atoms with Gasteiger partial charge >= 0.3 is 0 Å². The summed E-state index contributed by atoms with van der Waals surface area (Å²) in [4.78, 5) is 4.10. The number of aryl methyl sites for hydroxylation is 1. The highest BCUT2D eigenvalue weighted by molar-refractivity contribution is 14.0. The highest BCUT2D eigenvalue weighted by atomic mass is 127. The van der Waals surface area contributed by atoms with Crippen LogP contribution in [0.2, 0.25) is 0 Å². The van der Waals surface area contributed by atoms with E-state index in [9.17, 15) is 0 Å². The molecular formula is C15H26IN3O. The summed E-state index contributed by atoms with van der Waals surface area (Å²) in [7, 11) is 3.59. The Labute approximate surface area is 139 Å². The monoisotopic (exact) mass is 391 g/mol. The van der Waals surface area contributed by atoms with E-state index in [1.54, 1.807) is 7.05 Å². The summed E-state index contributed by atoms with van der Waals surface area (Å²) in [6.45, 7) is 8.91. The van der Waals surface area contributed by atoms with Crippen molar-refractivity contribution in [2.45, 2.75) is 39.8 Å². The first-order valence-electron chi connectivity index (χ1n) is 6.52. The third-order valence-corrected chi connectivity index (χ3v) is 2.55. The van der Waals surface area contributed by atoms with Gasteiger partial charge in [-0.15, -0.1) is 24.0 Å². The Morgan fingerprint density at radius 1 is 1.30 bits per heavy atom. The Bertz CT molecular complexity index is 453. The van der Waals surface area contributed by atoms with E-state index in [0.29, 0.717) is 6.54 Å². The fraction of sp³-hybridized carbons (Fsp3) is 0.533. The van der Waals surface area contributed by atoms with E-state index in [-0.39, 0.29) is 29.6 Å². The van der Waals surface area contributed by atoms with Crippen LogP contribution in [-0.4, -0.2) is 25.7 Å².